The molecule has 1 aromatic rings. The van der Waals surface area contributed by atoms with Crippen molar-refractivity contribution < 1.29 is 9.84 Å². The van der Waals surface area contributed by atoms with Gasteiger partial charge in [0, 0.05) is 6.61 Å². The fraction of sp³-hybridized carbons (Fsp3) is 0.625. The Morgan fingerprint density at radius 2 is 2.17 bits per heavy atom. The lowest BCUT2D eigenvalue weighted by atomic mass is 9.92. The second-order valence-electron chi connectivity index (χ2n) is 5.89. The highest BCUT2D eigenvalue weighted by atomic mass is 16.5. The van der Waals surface area contributed by atoms with E-state index in [1.165, 1.54) is 5.56 Å². The first-order chi connectivity index (χ1) is 8.58. The first-order valence-corrected chi connectivity index (χ1v) is 6.96. The molecule has 3 unspecified atom stereocenters. The van der Waals surface area contributed by atoms with Gasteiger partial charge in [0.05, 0.1) is 6.10 Å². The number of benzene rings is 1. The van der Waals surface area contributed by atoms with Crippen molar-refractivity contribution in [3.05, 3.63) is 35.4 Å². The molecule has 1 aliphatic rings. The largest absolute Gasteiger partial charge is 0.386 e. The van der Waals surface area contributed by atoms with Crippen molar-refractivity contribution in [3.63, 3.8) is 0 Å². The van der Waals surface area contributed by atoms with Crippen LogP contribution in [0, 0.1) is 11.8 Å². The predicted molar refractivity (Wildman–Crippen MR) is 73.5 cm³/mol. The Hall–Kier alpha value is -0.860. The van der Waals surface area contributed by atoms with E-state index < -0.39 is 6.10 Å². The Balaban J connectivity index is 2.12. The van der Waals surface area contributed by atoms with Crippen LogP contribution in [0.3, 0.4) is 0 Å². The second-order valence-corrected chi connectivity index (χ2v) is 5.89. The average Bonchev–Trinajstić information content (AvgIpc) is 2.74. The molecular weight excluding hydrogens is 224 g/mol. The van der Waals surface area contributed by atoms with Gasteiger partial charge in [-0.1, -0.05) is 45.0 Å². The van der Waals surface area contributed by atoms with Crippen molar-refractivity contribution in [2.75, 3.05) is 6.61 Å². The van der Waals surface area contributed by atoms with Crippen LogP contribution in [-0.2, 0) is 11.2 Å². The van der Waals surface area contributed by atoms with Gasteiger partial charge in [-0.2, -0.15) is 0 Å². The summed E-state index contributed by atoms with van der Waals surface area (Å²) < 4.78 is 5.65. The number of hydrogen-bond donors (Lipinski definition) is 1. The van der Waals surface area contributed by atoms with E-state index in [4.69, 9.17) is 4.74 Å². The van der Waals surface area contributed by atoms with E-state index in [0.717, 1.165) is 25.0 Å². The summed E-state index contributed by atoms with van der Waals surface area (Å²) in [5, 5.41) is 10.4. The highest BCUT2D eigenvalue weighted by Gasteiger charge is 2.31. The maximum atomic E-state index is 10.4. The summed E-state index contributed by atoms with van der Waals surface area (Å²) in [4.78, 5) is 0. The van der Waals surface area contributed by atoms with Gasteiger partial charge < -0.3 is 9.84 Å². The lowest BCUT2D eigenvalue weighted by Gasteiger charge is -2.22. The van der Waals surface area contributed by atoms with Crippen LogP contribution in [0.5, 0.6) is 0 Å². The van der Waals surface area contributed by atoms with Gasteiger partial charge >= 0.3 is 0 Å². The molecule has 1 aromatic carbocycles. The zero-order chi connectivity index (χ0) is 13.1. The van der Waals surface area contributed by atoms with Crippen LogP contribution < -0.4 is 0 Å². The number of aliphatic hydroxyl groups excluding tert-OH is 1. The molecule has 0 aliphatic carbocycles. The summed E-state index contributed by atoms with van der Waals surface area (Å²) in [6.45, 7) is 7.35. The maximum Gasteiger partial charge on any atom is 0.105 e. The normalized spacial score (nSPS) is 25.6. The van der Waals surface area contributed by atoms with E-state index >= 15 is 0 Å². The van der Waals surface area contributed by atoms with E-state index in [9.17, 15) is 5.11 Å². The molecule has 0 bridgehead atoms. The van der Waals surface area contributed by atoms with Crippen molar-refractivity contribution in [2.45, 2.75) is 45.8 Å². The third-order valence-corrected chi connectivity index (χ3v) is 3.69. The maximum absolute atomic E-state index is 10.4. The quantitative estimate of drug-likeness (QED) is 0.885. The first-order valence-electron chi connectivity index (χ1n) is 6.96. The molecular formula is C16H24O2. The number of ether oxygens (including phenoxy) is 1. The molecule has 0 saturated carbocycles. The minimum Gasteiger partial charge on any atom is -0.386 e. The van der Waals surface area contributed by atoms with Crippen LogP contribution >= 0.6 is 0 Å². The highest BCUT2D eigenvalue weighted by molar-refractivity contribution is 5.26. The number of rotatable bonds is 4. The van der Waals surface area contributed by atoms with Gasteiger partial charge in [0.1, 0.15) is 6.10 Å². The lowest BCUT2D eigenvalue weighted by Crippen LogP contribution is -2.23. The Morgan fingerprint density at radius 1 is 1.39 bits per heavy atom. The Bertz CT molecular complexity index is 386. The summed E-state index contributed by atoms with van der Waals surface area (Å²) in [5.41, 5.74) is 2.29. The lowest BCUT2D eigenvalue weighted by molar-refractivity contribution is -0.0178. The van der Waals surface area contributed by atoms with E-state index in [2.05, 4.69) is 32.9 Å². The summed E-state index contributed by atoms with van der Waals surface area (Å²) >= 11 is 0. The van der Waals surface area contributed by atoms with Crippen LogP contribution in [-0.4, -0.2) is 17.8 Å². The third kappa shape index (κ3) is 3.12. The van der Waals surface area contributed by atoms with Crippen molar-refractivity contribution >= 4 is 0 Å². The molecule has 2 nitrogen and oxygen atoms in total. The minimum absolute atomic E-state index is 0.0423. The Morgan fingerprint density at radius 3 is 2.78 bits per heavy atom. The van der Waals surface area contributed by atoms with E-state index in [-0.39, 0.29) is 6.10 Å². The van der Waals surface area contributed by atoms with Gasteiger partial charge in [0.15, 0.2) is 0 Å². The van der Waals surface area contributed by atoms with E-state index in [1.54, 1.807) is 0 Å². The van der Waals surface area contributed by atoms with Crippen LogP contribution in [0.25, 0.3) is 0 Å². The molecule has 0 spiro atoms. The van der Waals surface area contributed by atoms with E-state index in [1.807, 2.05) is 12.1 Å². The fourth-order valence-electron chi connectivity index (χ4n) is 2.69. The van der Waals surface area contributed by atoms with Gasteiger partial charge in [-0.25, -0.2) is 0 Å². The molecule has 1 aliphatic heterocycles. The van der Waals surface area contributed by atoms with Gasteiger partial charge in [-0.05, 0) is 35.8 Å². The molecule has 1 saturated heterocycles. The van der Waals surface area contributed by atoms with Crippen molar-refractivity contribution in [1.29, 1.82) is 0 Å². The zero-order valence-corrected chi connectivity index (χ0v) is 11.6. The molecule has 1 heterocycles. The molecule has 2 heteroatoms. The molecule has 100 valence electrons. The fourth-order valence-corrected chi connectivity index (χ4v) is 2.69. The summed E-state index contributed by atoms with van der Waals surface area (Å²) in [5.74, 6) is 1.08. The highest BCUT2D eigenvalue weighted by Crippen LogP contribution is 2.31. The van der Waals surface area contributed by atoms with Gasteiger partial charge in [0.2, 0.25) is 0 Å². The SMILES string of the molecule is CC(C)Cc1cccc(C(O)C2OCCC2C)c1. The molecule has 3 atom stereocenters. The topological polar surface area (TPSA) is 29.5 Å². The molecule has 0 amide bonds. The molecule has 2 rings (SSSR count). The van der Waals surface area contributed by atoms with Crippen molar-refractivity contribution in [3.8, 4) is 0 Å². The van der Waals surface area contributed by atoms with Crippen LogP contribution in [0.1, 0.15) is 44.4 Å². The monoisotopic (exact) mass is 248 g/mol. The molecule has 18 heavy (non-hydrogen) atoms. The van der Waals surface area contributed by atoms with Crippen molar-refractivity contribution in [1.82, 2.24) is 0 Å². The van der Waals surface area contributed by atoms with Gasteiger partial charge in [-0.3, -0.25) is 0 Å². The average molecular weight is 248 g/mol. The molecule has 1 N–H and O–H groups in total. The summed E-state index contributed by atoms with van der Waals surface area (Å²) in [6, 6.07) is 8.30. The van der Waals surface area contributed by atoms with E-state index in [0.29, 0.717) is 11.8 Å². The molecule has 0 aromatic heterocycles. The van der Waals surface area contributed by atoms with Crippen molar-refractivity contribution in [2.24, 2.45) is 11.8 Å². The van der Waals surface area contributed by atoms with Crippen LogP contribution in [0.15, 0.2) is 24.3 Å². The number of hydrogen-bond acceptors (Lipinski definition) is 2. The first kappa shape index (κ1) is 13.6. The third-order valence-electron chi connectivity index (χ3n) is 3.69. The molecule has 0 radical (unpaired) electrons. The predicted octanol–water partition coefficient (Wildman–Crippen LogP) is 3.34. The minimum atomic E-state index is -0.491. The Labute approximate surface area is 110 Å². The Kier molecular flexibility index (Phi) is 4.41. The number of aliphatic hydroxyl groups is 1. The summed E-state index contributed by atoms with van der Waals surface area (Å²) in [7, 11) is 0. The zero-order valence-electron chi connectivity index (χ0n) is 11.6. The standard InChI is InChI=1S/C16H24O2/c1-11(2)9-13-5-4-6-14(10-13)15(17)16-12(3)7-8-18-16/h4-6,10-12,15-17H,7-9H2,1-3H3. The van der Waals surface area contributed by atoms with Gasteiger partial charge in [0.25, 0.3) is 0 Å². The van der Waals surface area contributed by atoms with Gasteiger partial charge in [-0.15, -0.1) is 0 Å². The molecule has 1 fully saturated rings. The van der Waals surface area contributed by atoms with Crippen LogP contribution in [0.4, 0.5) is 0 Å². The summed E-state index contributed by atoms with van der Waals surface area (Å²) in [6.07, 6.45) is 1.57. The smallest absolute Gasteiger partial charge is 0.105 e. The van der Waals surface area contributed by atoms with Crippen LogP contribution in [0.2, 0.25) is 0 Å². The second kappa shape index (κ2) is 5.85.